The highest BCUT2D eigenvalue weighted by Crippen LogP contribution is 2.42. The molecule has 0 spiro atoms. The minimum Gasteiger partial charge on any atom is -0.395 e. The molecule has 6 aliphatic heterocycles. The molecule has 9 aliphatic rings. The second-order valence-corrected chi connectivity index (χ2v) is 37.2. The molecule has 12 heterocycles. The van der Waals surface area contributed by atoms with Gasteiger partial charge in [-0.2, -0.15) is 8.61 Å². The number of sulfonamides is 2. The Labute approximate surface area is 596 Å². The van der Waals surface area contributed by atoms with Crippen LogP contribution in [0, 0.1) is 0 Å². The van der Waals surface area contributed by atoms with Crippen LogP contribution in [0.15, 0.2) is 19.0 Å². The van der Waals surface area contributed by atoms with E-state index in [-0.39, 0.29) is 24.7 Å². The Hall–Kier alpha value is -4.40. The molecule has 6 aromatic rings. The predicted octanol–water partition coefficient (Wildman–Crippen LogP) is 5.99. The zero-order chi connectivity index (χ0) is 69.3. The van der Waals surface area contributed by atoms with E-state index in [0.29, 0.717) is 62.7 Å². The third kappa shape index (κ3) is 19.1. The summed E-state index contributed by atoms with van der Waals surface area (Å²) in [6, 6.07) is 3.24. The highest BCUT2D eigenvalue weighted by molar-refractivity contribution is 8.14. The highest BCUT2D eigenvalue weighted by atomic mass is 35.7. The molecule has 34 heteroatoms. The van der Waals surface area contributed by atoms with E-state index >= 15 is 0 Å². The molecule has 99 heavy (non-hydrogen) atoms. The highest BCUT2D eigenvalue weighted by Gasteiger charge is 2.36. The molecule has 0 bridgehead atoms. The minimum absolute atomic E-state index is 0.238. The number of hydrogen-bond acceptors (Lipinski definition) is 28. The molecule has 6 fully saturated rings. The van der Waals surface area contributed by atoms with E-state index < -0.39 is 46.4 Å². The first-order valence-corrected chi connectivity index (χ1v) is 43.1. The van der Waals surface area contributed by atoms with Crippen molar-refractivity contribution in [3.8, 4) is 0 Å². The average molecular weight is 1510 g/mol. The van der Waals surface area contributed by atoms with Crippen molar-refractivity contribution in [2.45, 2.75) is 166 Å². The number of aliphatic hydroxyl groups excluding tert-OH is 1. The summed E-state index contributed by atoms with van der Waals surface area (Å²) in [6.45, 7) is 17.0. The molecule has 3 aliphatic carbocycles. The van der Waals surface area contributed by atoms with Crippen molar-refractivity contribution in [3.05, 3.63) is 50.3 Å². The fourth-order valence-corrected chi connectivity index (χ4v) is 22.4. The number of thiophene rings is 3. The van der Waals surface area contributed by atoms with Gasteiger partial charge in [0.1, 0.15) is 74.0 Å². The van der Waals surface area contributed by atoms with Crippen molar-refractivity contribution in [1.29, 1.82) is 0 Å². The Morgan fingerprint density at radius 1 is 0.505 bits per heavy atom. The van der Waals surface area contributed by atoms with E-state index in [1.165, 1.54) is 86.6 Å². The van der Waals surface area contributed by atoms with Gasteiger partial charge in [-0.25, -0.2) is 55.2 Å². The van der Waals surface area contributed by atoms with Crippen molar-refractivity contribution in [1.82, 2.24) is 58.5 Å². The number of rotatable bonds is 17. The number of nitrogens with zero attached hydrogens (tertiary/aromatic N) is 11. The molecule has 6 aromatic heterocycles. The molecule has 3 saturated heterocycles. The molecule has 0 atom stereocenters. The Morgan fingerprint density at radius 2 is 0.859 bits per heavy atom. The summed E-state index contributed by atoms with van der Waals surface area (Å²) in [7, 11) is -6.00. The van der Waals surface area contributed by atoms with Crippen LogP contribution in [0.3, 0.4) is 0 Å². The fraction of sp³-hybridized carbons (Fsp3) is 0.692. The van der Waals surface area contributed by atoms with Gasteiger partial charge in [-0.15, -0.1) is 34.0 Å². The lowest BCUT2D eigenvalue weighted by Gasteiger charge is -2.39. The first kappa shape index (κ1) is 74.3. The van der Waals surface area contributed by atoms with Gasteiger partial charge in [-0.1, -0.05) is 0 Å². The minimum atomic E-state index is -3.62. The standard InChI is InChI=1S/C22H31N5O4S2.C21H31N5O4S2.C19H27N5OS.C3H5ClO3S/c1-15(28)13-33(29,30)27-7-6-19-18(12-27)20-21(23-14-24-22(20)32-19)25-16-2-4-17(5-3-16)26-8-10-31-11-9-26;27-9-12-32(28,29)26-6-5-18-17(13-26)19-20(22-14-23-21(19)31-18)24-15-1-3-16(4-2-15)25-7-10-30-11-8-25;1-3-14(24-7-9-25-10-8-24)4-2-13(1)23-18-17-15-11-20-6-5-16(15)26-19(17)22-12-21-18;1-3(5)2-8(4,6)7/h14,16-17H,2-13H2,1H3,(H,23,24,25);14-16,27H,1-13H2,(H,22,23,24);12-14,20H,1-11H2,(H,21,22,23);2H2,1H3. The Morgan fingerprint density at radius 3 is 1.20 bits per heavy atom. The van der Waals surface area contributed by atoms with Crippen LogP contribution in [0.25, 0.3) is 30.6 Å². The SMILES string of the molecule is CC(=O)CS(=O)(=O)Cl.CC(=O)CS(=O)(=O)N1CCc2sc3ncnc(NC4CCC(N5CCOCC5)CC4)c3c2C1.O=S(=O)(CCO)N1CCc2sc3ncnc(NC4CCC(N5CCOCC5)CC4)c3c2C1.c1nc(NC2CCC(N3CCOCC3)CC2)c2c3c(sc2n1)CCNC3. The van der Waals surface area contributed by atoms with Crippen molar-refractivity contribution < 1.29 is 54.2 Å². The number of fused-ring (bicyclic) bond motifs is 9. The number of anilines is 3. The quantitative estimate of drug-likeness (QED) is 0.0655. The number of halogens is 1. The summed E-state index contributed by atoms with van der Waals surface area (Å²) >= 11 is 5.11. The van der Waals surface area contributed by atoms with Gasteiger partial charge in [-0.05, 0) is 127 Å². The number of ketones is 2. The maximum Gasteiger partial charge on any atom is 0.239 e. The topological polar surface area (TPSA) is 326 Å². The van der Waals surface area contributed by atoms with Gasteiger partial charge in [0, 0.05) is 140 Å². The van der Waals surface area contributed by atoms with Gasteiger partial charge >= 0.3 is 0 Å². The average Bonchev–Trinajstić information content (AvgIpc) is 1.64. The van der Waals surface area contributed by atoms with E-state index in [2.05, 4.69) is 76.6 Å². The lowest BCUT2D eigenvalue weighted by Crippen LogP contribution is -2.46. The predicted molar refractivity (Wildman–Crippen MR) is 388 cm³/mol. The smallest absolute Gasteiger partial charge is 0.239 e. The summed E-state index contributed by atoms with van der Waals surface area (Å²) in [4.78, 5) is 63.2. The number of aliphatic hydroxyl groups is 1. The number of ether oxygens (including phenoxy) is 3. The Balaban J connectivity index is 0.000000134. The monoisotopic (exact) mass is 1500 g/mol. The summed E-state index contributed by atoms with van der Waals surface area (Å²) in [6.07, 6.45) is 21.3. The molecule has 0 unspecified atom stereocenters. The van der Waals surface area contributed by atoms with Gasteiger partial charge in [-0.3, -0.25) is 24.3 Å². The number of carbonyl (C=O) groups is 2. The third-order valence-corrected chi connectivity index (χ3v) is 28.7. The maximum absolute atomic E-state index is 12.7. The molecule has 544 valence electrons. The first-order chi connectivity index (χ1) is 47.8. The third-order valence-electron chi connectivity index (χ3n) is 20.4. The summed E-state index contributed by atoms with van der Waals surface area (Å²) in [5.41, 5.74) is 3.42. The van der Waals surface area contributed by atoms with Crippen LogP contribution in [0.5, 0.6) is 0 Å². The number of Topliss-reactive ketones (excluding diaryl/α,β-unsaturated/α-hetero) is 2. The molecule has 5 N–H and O–H groups in total. The van der Waals surface area contributed by atoms with E-state index in [1.54, 1.807) is 41.7 Å². The van der Waals surface area contributed by atoms with Crippen LogP contribution in [-0.4, -0.2) is 254 Å². The van der Waals surface area contributed by atoms with E-state index in [1.807, 2.05) is 11.3 Å². The van der Waals surface area contributed by atoms with Crippen LogP contribution in [-0.2, 0) is 91.8 Å². The van der Waals surface area contributed by atoms with Gasteiger partial charge in [0.15, 0.2) is 0 Å². The molecule has 0 amide bonds. The summed E-state index contributed by atoms with van der Waals surface area (Å²) in [5, 5.41) is 26.9. The second-order valence-electron chi connectivity index (χ2n) is 27.1. The summed E-state index contributed by atoms with van der Waals surface area (Å²) in [5.74, 6) is 0.632. The van der Waals surface area contributed by atoms with Crippen LogP contribution in [0.2, 0.25) is 0 Å². The van der Waals surface area contributed by atoms with Gasteiger partial charge in [0.25, 0.3) is 0 Å². The number of morpholine rings is 3. The Bertz CT molecular complexity index is 4090. The first-order valence-electron chi connectivity index (χ1n) is 34.9. The number of aromatic nitrogens is 6. The maximum atomic E-state index is 12.7. The lowest BCUT2D eigenvalue weighted by atomic mass is 9.90. The second kappa shape index (κ2) is 34.0. The summed E-state index contributed by atoms with van der Waals surface area (Å²) < 4.78 is 89.8. The van der Waals surface area contributed by atoms with Gasteiger partial charge in [0.05, 0.1) is 68.2 Å². The number of carbonyl (C=O) groups excluding carboxylic acids is 2. The zero-order valence-corrected chi connectivity index (χ0v) is 62.2. The number of hydrogen-bond donors (Lipinski definition) is 5. The van der Waals surface area contributed by atoms with Crippen LogP contribution in [0.1, 0.15) is 122 Å². The Kier molecular flexibility index (Phi) is 25.5. The van der Waals surface area contributed by atoms with Crippen LogP contribution < -0.4 is 21.3 Å². The van der Waals surface area contributed by atoms with Crippen LogP contribution in [0.4, 0.5) is 17.5 Å². The van der Waals surface area contributed by atoms with Gasteiger partial charge in [0.2, 0.25) is 29.1 Å². The van der Waals surface area contributed by atoms with Crippen LogP contribution >= 0.6 is 44.7 Å². The van der Waals surface area contributed by atoms with Crippen molar-refractivity contribution in [2.24, 2.45) is 0 Å². The zero-order valence-electron chi connectivity index (χ0n) is 56.5. The van der Waals surface area contributed by atoms with E-state index in [4.69, 9.17) is 19.3 Å². The van der Waals surface area contributed by atoms with Crippen molar-refractivity contribution in [2.75, 3.05) is 138 Å². The van der Waals surface area contributed by atoms with Crippen molar-refractivity contribution in [3.63, 3.8) is 0 Å². The molecule has 0 aromatic carbocycles. The van der Waals surface area contributed by atoms with Crippen molar-refractivity contribution >= 4 is 133 Å². The molecule has 3 saturated carbocycles. The normalized spacial score (nSPS) is 24.8. The molecular formula is C65H94ClN15O12S6. The molecule has 0 radical (unpaired) electrons. The van der Waals surface area contributed by atoms with E-state index in [9.17, 15) is 34.8 Å². The molecular weight excluding hydrogens is 1410 g/mol. The fourth-order valence-electron chi connectivity index (χ4n) is 15.4. The van der Waals surface area contributed by atoms with Gasteiger partial charge < -0.3 is 40.6 Å². The molecule has 15 rings (SSSR count). The molecule has 27 nitrogen and oxygen atoms in total. The number of nitrogens with one attached hydrogen (secondary N) is 4. The lowest BCUT2D eigenvalue weighted by molar-refractivity contribution is -0.115. The largest absolute Gasteiger partial charge is 0.395 e. The van der Waals surface area contributed by atoms with E-state index in [0.717, 1.165) is 197 Å².